The molecule has 0 aromatic heterocycles. The average molecular weight is 348 g/mol. The number of piperidine rings is 1. The maximum absolute atomic E-state index is 12.1. The number of aliphatic hydroxyl groups is 1. The molecule has 1 aromatic carbocycles. The number of carbonyl (C=O) groups is 1. The number of aliphatic hydroxyl groups excluding tert-OH is 1. The van der Waals surface area contributed by atoms with E-state index in [-0.39, 0.29) is 18.6 Å². The molecule has 1 aliphatic heterocycles. The van der Waals surface area contributed by atoms with Crippen LogP contribution < -0.4 is 10.6 Å². The van der Waals surface area contributed by atoms with Crippen LogP contribution in [0.4, 0.5) is 4.79 Å². The summed E-state index contributed by atoms with van der Waals surface area (Å²) in [6.07, 6.45) is 3.14. The molecule has 1 heterocycles. The van der Waals surface area contributed by atoms with E-state index >= 15 is 0 Å². The van der Waals surface area contributed by atoms with E-state index in [9.17, 15) is 9.90 Å². The molecule has 0 saturated carbocycles. The quantitative estimate of drug-likeness (QED) is 0.677. The Labute approximate surface area is 151 Å². The second-order valence-corrected chi connectivity index (χ2v) is 7.28. The van der Waals surface area contributed by atoms with Crippen molar-refractivity contribution in [1.29, 1.82) is 0 Å². The molecule has 1 fully saturated rings. The van der Waals surface area contributed by atoms with Gasteiger partial charge in [0.25, 0.3) is 0 Å². The van der Waals surface area contributed by atoms with Crippen LogP contribution in [0, 0.1) is 5.92 Å². The van der Waals surface area contributed by atoms with Crippen LogP contribution in [0.5, 0.6) is 0 Å². The SMILES string of the molecule is CC1CCN(C(C)CNC(=O)NCC(CCO)c2ccccc2)CC1. The van der Waals surface area contributed by atoms with Gasteiger partial charge in [-0.2, -0.15) is 0 Å². The minimum absolute atomic E-state index is 0.118. The lowest BCUT2D eigenvalue weighted by molar-refractivity contribution is 0.145. The van der Waals surface area contributed by atoms with E-state index in [4.69, 9.17) is 0 Å². The molecule has 2 atom stereocenters. The third kappa shape index (κ3) is 6.67. The van der Waals surface area contributed by atoms with Gasteiger partial charge in [-0.25, -0.2) is 4.79 Å². The normalized spacial score (nSPS) is 18.5. The topological polar surface area (TPSA) is 64.6 Å². The Morgan fingerprint density at radius 1 is 1.20 bits per heavy atom. The Morgan fingerprint density at radius 3 is 2.48 bits per heavy atom. The summed E-state index contributed by atoms with van der Waals surface area (Å²) < 4.78 is 0. The molecule has 0 spiro atoms. The highest BCUT2D eigenvalue weighted by atomic mass is 16.3. The molecule has 1 saturated heterocycles. The summed E-state index contributed by atoms with van der Waals surface area (Å²) in [6.45, 7) is 8.05. The van der Waals surface area contributed by atoms with E-state index in [2.05, 4.69) is 29.4 Å². The molecule has 2 unspecified atom stereocenters. The van der Waals surface area contributed by atoms with Gasteiger partial charge < -0.3 is 15.7 Å². The fourth-order valence-corrected chi connectivity index (χ4v) is 3.38. The maximum atomic E-state index is 12.1. The number of benzene rings is 1. The molecule has 0 radical (unpaired) electrons. The third-order valence-corrected chi connectivity index (χ3v) is 5.26. The first-order valence-electron chi connectivity index (χ1n) is 9.51. The highest BCUT2D eigenvalue weighted by Gasteiger charge is 2.20. The summed E-state index contributed by atoms with van der Waals surface area (Å²) in [5.41, 5.74) is 1.15. The largest absolute Gasteiger partial charge is 0.396 e. The first-order valence-corrected chi connectivity index (χ1v) is 9.51. The van der Waals surface area contributed by atoms with Crippen molar-refractivity contribution >= 4 is 6.03 Å². The lowest BCUT2D eigenvalue weighted by atomic mass is 9.96. The zero-order valence-corrected chi connectivity index (χ0v) is 15.6. The van der Waals surface area contributed by atoms with E-state index < -0.39 is 0 Å². The first kappa shape index (κ1) is 19.7. The molecular weight excluding hydrogens is 314 g/mol. The summed E-state index contributed by atoms with van der Waals surface area (Å²) in [4.78, 5) is 14.6. The zero-order chi connectivity index (χ0) is 18.1. The van der Waals surface area contributed by atoms with Crippen LogP contribution in [-0.4, -0.2) is 54.9 Å². The summed E-state index contributed by atoms with van der Waals surface area (Å²) in [7, 11) is 0. The van der Waals surface area contributed by atoms with Gasteiger partial charge in [-0.3, -0.25) is 4.90 Å². The lowest BCUT2D eigenvalue weighted by Crippen LogP contribution is -2.48. The predicted octanol–water partition coefficient (Wildman–Crippen LogP) is 2.57. The van der Waals surface area contributed by atoms with Gasteiger partial charge in [-0.05, 0) is 50.8 Å². The number of likely N-dealkylation sites (tertiary alicyclic amines) is 1. The van der Waals surface area contributed by atoms with Gasteiger partial charge in [0, 0.05) is 31.7 Å². The number of carbonyl (C=O) groups excluding carboxylic acids is 1. The number of hydrogen-bond donors (Lipinski definition) is 3. The van der Waals surface area contributed by atoms with Gasteiger partial charge in [-0.1, -0.05) is 37.3 Å². The van der Waals surface area contributed by atoms with Gasteiger partial charge in [-0.15, -0.1) is 0 Å². The van der Waals surface area contributed by atoms with E-state index in [1.807, 2.05) is 30.3 Å². The maximum Gasteiger partial charge on any atom is 0.314 e. The fourth-order valence-electron chi connectivity index (χ4n) is 3.38. The molecule has 0 bridgehead atoms. The molecule has 5 heteroatoms. The number of hydrogen-bond acceptors (Lipinski definition) is 3. The number of nitrogens with zero attached hydrogens (tertiary/aromatic N) is 1. The Balaban J connectivity index is 1.72. The Hall–Kier alpha value is -1.59. The van der Waals surface area contributed by atoms with Crippen molar-refractivity contribution in [3.8, 4) is 0 Å². The van der Waals surface area contributed by atoms with Crippen LogP contribution in [0.25, 0.3) is 0 Å². The first-order chi connectivity index (χ1) is 12.1. The standard InChI is InChI=1S/C20H33N3O2/c1-16-8-11-23(12-9-16)17(2)14-21-20(25)22-15-19(10-13-24)18-6-4-3-5-7-18/h3-7,16-17,19,24H,8-15H2,1-2H3,(H2,21,22,25). The van der Waals surface area contributed by atoms with Crippen LogP contribution in [0.3, 0.4) is 0 Å². The molecule has 1 aliphatic rings. The van der Waals surface area contributed by atoms with Gasteiger partial charge in [0.1, 0.15) is 0 Å². The number of nitrogens with one attached hydrogen (secondary N) is 2. The van der Waals surface area contributed by atoms with Crippen LogP contribution in [0.1, 0.15) is 44.6 Å². The molecule has 140 valence electrons. The Morgan fingerprint density at radius 2 is 1.84 bits per heavy atom. The molecule has 2 amide bonds. The van der Waals surface area contributed by atoms with Gasteiger partial charge in [0.05, 0.1) is 0 Å². The average Bonchev–Trinajstić information content (AvgIpc) is 2.64. The van der Waals surface area contributed by atoms with Crippen LogP contribution in [0.15, 0.2) is 30.3 Å². The number of rotatable bonds is 8. The van der Waals surface area contributed by atoms with E-state index in [1.165, 1.54) is 12.8 Å². The number of urea groups is 1. The molecule has 2 rings (SSSR count). The van der Waals surface area contributed by atoms with Crippen molar-refractivity contribution in [3.05, 3.63) is 35.9 Å². The fraction of sp³-hybridized carbons (Fsp3) is 0.650. The molecule has 0 aliphatic carbocycles. The minimum atomic E-state index is -0.129. The molecule has 5 nitrogen and oxygen atoms in total. The molecule has 3 N–H and O–H groups in total. The smallest absolute Gasteiger partial charge is 0.314 e. The van der Waals surface area contributed by atoms with Crippen molar-refractivity contribution in [2.45, 2.75) is 45.1 Å². The van der Waals surface area contributed by atoms with E-state index in [0.717, 1.165) is 24.6 Å². The summed E-state index contributed by atoms with van der Waals surface area (Å²) in [6, 6.07) is 10.3. The van der Waals surface area contributed by atoms with E-state index in [0.29, 0.717) is 25.6 Å². The van der Waals surface area contributed by atoms with Crippen molar-refractivity contribution < 1.29 is 9.90 Å². The van der Waals surface area contributed by atoms with Crippen molar-refractivity contribution in [3.63, 3.8) is 0 Å². The second kappa shape index (κ2) is 10.4. The second-order valence-electron chi connectivity index (χ2n) is 7.28. The lowest BCUT2D eigenvalue weighted by Gasteiger charge is -2.35. The van der Waals surface area contributed by atoms with Crippen molar-refractivity contribution in [2.75, 3.05) is 32.8 Å². The van der Waals surface area contributed by atoms with Crippen LogP contribution in [-0.2, 0) is 0 Å². The monoisotopic (exact) mass is 347 g/mol. The van der Waals surface area contributed by atoms with Crippen LogP contribution in [0.2, 0.25) is 0 Å². The highest BCUT2D eigenvalue weighted by Crippen LogP contribution is 2.18. The molecular formula is C20H33N3O2. The predicted molar refractivity (Wildman–Crippen MR) is 102 cm³/mol. The van der Waals surface area contributed by atoms with Gasteiger partial charge >= 0.3 is 6.03 Å². The number of amides is 2. The molecule has 25 heavy (non-hydrogen) atoms. The zero-order valence-electron chi connectivity index (χ0n) is 15.6. The minimum Gasteiger partial charge on any atom is -0.396 e. The summed E-state index contributed by atoms with van der Waals surface area (Å²) in [5, 5.41) is 15.2. The van der Waals surface area contributed by atoms with Crippen LogP contribution >= 0.6 is 0 Å². The third-order valence-electron chi connectivity index (χ3n) is 5.26. The van der Waals surface area contributed by atoms with Gasteiger partial charge in [0.2, 0.25) is 0 Å². The highest BCUT2D eigenvalue weighted by molar-refractivity contribution is 5.73. The van der Waals surface area contributed by atoms with Crippen molar-refractivity contribution in [2.24, 2.45) is 5.92 Å². The van der Waals surface area contributed by atoms with Gasteiger partial charge in [0.15, 0.2) is 0 Å². The van der Waals surface area contributed by atoms with E-state index in [1.54, 1.807) is 0 Å². The molecule has 1 aromatic rings. The Kier molecular flexibility index (Phi) is 8.22. The summed E-state index contributed by atoms with van der Waals surface area (Å²) >= 11 is 0. The van der Waals surface area contributed by atoms with Crippen molar-refractivity contribution in [1.82, 2.24) is 15.5 Å². The summed E-state index contributed by atoms with van der Waals surface area (Å²) in [5.74, 6) is 0.958. The Bertz CT molecular complexity index is 501.